The van der Waals surface area contributed by atoms with Crippen LogP contribution in [0.2, 0.25) is 5.02 Å². The number of hydrogen-bond donors (Lipinski definition) is 1. The van der Waals surface area contributed by atoms with Crippen molar-refractivity contribution in [1.82, 2.24) is 4.90 Å². The van der Waals surface area contributed by atoms with E-state index in [4.69, 9.17) is 11.6 Å². The lowest BCUT2D eigenvalue weighted by Crippen LogP contribution is -2.42. The fourth-order valence-electron chi connectivity index (χ4n) is 2.24. The van der Waals surface area contributed by atoms with E-state index in [0.717, 1.165) is 25.8 Å². The van der Waals surface area contributed by atoms with E-state index in [1.54, 1.807) is 12.1 Å². The van der Waals surface area contributed by atoms with Crippen LogP contribution in [0.25, 0.3) is 0 Å². The Kier molecular flexibility index (Phi) is 3.57. The summed E-state index contributed by atoms with van der Waals surface area (Å²) in [5.41, 5.74) is 0.336. The SMILES string of the molecule is CC1CCCCN1C(=O)c1ccc(Cl)cc1O. The largest absolute Gasteiger partial charge is 0.507 e. The minimum Gasteiger partial charge on any atom is -0.507 e. The molecule has 2 rings (SSSR count). The number of benzene rings is 1. The third-order valence-electron chi connectivity index (χ3n) is 3.25. The van der Waals surface area contributed by atoms with Crippen molar-refractivity contribution in [3.63, 3.8) is 0 Å². The summed E-state index contributed by atoms with van der Waals surface area (Å²) < 4.78 is 0. The number of amides is 1. The number of rotatable bonds is 1. The highest BCUT2D eigenvalue weighted by molar-refractivity contribution is 6.30. The minimum atomic E-state index is -0.105. The van der Waals surface area contributed by atoms with Crippen LogP contribution in [-0.4, -0.2) is 28.5 Å². The van der Waals surface area contributed by atoms with Crippen molar-refractivity contribution in [2.45, 2.75) is 32.2 Å². The zero-order valence-electron chi connectivity index (χ0n) is 9.82. The Bertz CT molecular complexity index is 433. The van der Waals surface area contributed by atoms with Crippen molar-refractivity contribution in [3.05, 3.63) is 28.8 Å². The molecule has 1 N–H and O–H groups in total. The lowest BCUT2D eigenvalue weighted by atomic mass is 10.0. The van der Waals surface area contributed by atoms with E-state index in [0.29, 0.717) is 10.6 Å². The number of phenolic OH excluding ortho intramolecular Hbond substituents is 1. The Hall–Kier alpha value is -1.22. The van der Waals surface area contributed by atoms with Crippen molar-refractivity contribution in [1.29, 1.82) is 0 Å². The fraction of sp³-hybridized carbons (Fsp3) is 0.462. The van der Waals surface area contributed by atoms with Crippen LogP contribution in [0.1, 0.15) is 36.5 Å². The van der Waals surface area contributed by atoms with Crippen LogP contribution < -0.4 is 0 Å². The van der Waals surface area contributed by atoms with Gasteiger partial charge in [0.15, 0.2) is 0 Å². The quantitative estimate of drug-likeness (QED) is 0.836. The molecule has 1 amide bonds. The molecule has 1 aromatic carbocycles. The molecule has 1 saturated heterocycles. The predicted molar refractivity (Wildman–Crippen MR) is 67.5 cm³/mol. The number of likely N-dealkylation sites (tertiary alicyclic amines) is 1. The second-order valence-corrected chi connectivity index (χ2v) is 4.94. The Labute approximate surface area is 106 Å². The van der Waals surface area contributed by atoms with E-state index in [2.05, 4.69) is 0 Å². The third-order valence-corrected chi connectivity index (χ3v) is 3.49. The fourth-order valence-corrected chi connectivity index (χ4v) is 2.41. The number of halogens is 1. The zero-order chi connectivity index (χ0) is 12.4. The molecule has 1 heterocycles. The van der Waals surface area contributed by atoms with Gasteiger partial charge in [-0.05, 0) is 44.4 Å². The van der Waals surface area contributed by atoms with Gasteiger partial charge in [0, 0.05) is 17.6 Å². The highest BCUT2D eigenvalue weighted by atomic mass is 35.5. The van der Waals surface area contributed by atoms with E-state index in [1.165, 1.54) is 6.07 Å². The highest BCUT2D eigenvalue weighted by Crippen LogP contribution is 2.26. The van der Waals surface area contributed by atoms with E-state index in [1.807, 2.05) is 11.8 Å². The van der Waals surface area contributed by atoms with Gasteiger partial charge < -0.3 is 10.0 Å². The Morgan fingerprint density at radius 3 is 2.88 bits per heavy atom. The summed E-state index contributed by atoms with van der Waals surface area (Å²) in [5, 5.41) is 10.2. The average molecular weight is 254 g/mol. The van der Waals surface area contributed by atoms with Gasteiger partial charge in [-0.3, -0.25) is 4.79 Å². The summed E-state index contributed by atoms with van der Waals surface area (Å²) in [5.74, 6) is -0.147. The first-order chi connectivity index (χ1) is 8.09. The molecule has 1 unspecified atom stereocenters. The zero-order valence-corrected chi connectivity index (χ0v) is 10.6. The number of aromatic hydroxyl groups is 1. The molecule has 1 atom stereocenters. The topological polar surface area (TPSA) is 40.5 Å². The van der Waals surface area contributed by atoms with Gasteiger partial charge >= 0.3 is 0 Å². The average Bonchev–Trinajstić information content (AvgIpc) is 2.29. The molecule has 1 aliphatic heterocycles. The second-order valence-electron chi connectivity index (χ2n) is 4.50. The summed E-state index contributed by atoms with van der Waals surface area (Å²) >= 11 is 5.75. The summed E-state index contributed by atoms with van der Waals surface area (Å²) in [4.78, 5) is 14.1. The van der Waals surface area contributed by atoms with Gasteiger partial charge in [-0.25, -0.2) is 0 Å². The first kappa shape index (κ1) is 12.2. The molecule has 4 heteroatoms. The van der Waals surface area contributed by atoms with Crippen molar-refractivity contribution in [3.8, 4) is 5.75 Å². The molecule has 0 spiro atoms. The Morgan fingerprint density at radius 1 is 1.47 bits per heavy atom. The van der Waals surface area contributed by atoms with Crippen molar-refractivity contribution in [2.24, 2.45) is 0 Å². The molecule has 1 aliphatic rings. The van der Waals surface area contributed by atoms with Gasteiger partial charge in [0.25, 0.3) is 5.91 Å². The molecule has 17 heavy (non-hydrogen) atoms. The molecule has 0 radical (unpaired) electrons. The monoisotopic (exact) mass is 253 g/mol. The molecule has 0 saturated carbocycles. The number of carbonyl (C=O) groups is 1. The van der Waals surface area contributed by atoms with E-state index in [9.17, 15) is 9.90 Å². The molecule has 1 fully saturated rings. The van der Waals surface area contributed by atoms with Crippen LogP contribution in [0.3, 0.4) is 0 Å². The van der Waals surface area contributed by atoms with E-state index in [-0.39, 0.29) is 17.7 Å². The maximum Gasteiger partial charge on any atom is 0.257 e. The molecular weight excluding hydrogens is 238 g/mol. The molecule has 1 aromatic rings. The van der Waals surface area contributed by atoms with Gasteiger partial charge in [0.1, 0.15) is 5.75 Å². The standard InChI is InChI=1S/C13H16ClNO2/c1-9-4-2-3-7-15(9)13(17)11-6-5-10(14)8-12(11)16/h5-6,8-9,16H,2-4,7H2,1H3. The minimum absolute atomic E-state index is 0.0414. The summed E-state index contributed by atoms with van der Waals surface area (Å²) in [6, 6.07) is 4.86. The van der Waals surface area contributed by atoms with Crippen molar-refractivity contribution < 1.29 is 9.90 Å². The van der Waals surface area contributed by atoms with E-state index < -0.39 is 0 Å². The first-order valence-corrected chi connectivity index (χ1v) is 6.27. The van der Waals surface area contributed by atoms with Crippen LogP contribution in [0.5, 0.6) is 5.75 Å². The summed E-state index contributed by atoms with van der Waals surface area (Å²) in [6.07, 6.45) is 3.22. The van der Waals surface area contributed by atoms with Gasteiger partial charge in [0.2, 0.25) is 0 Å². The number of nitrogens with zero attached hydrogens (tertiary/aromatic N) is 1. The second kappa shape index (κ2) is 4.96. The van der Waals surface area contributed by atoms with Crippen LogP contribution in [0, 0.1) is 0 Å². The Balaban J connectivity index is 2.24. The molecular formula is C13H16ClNO2. The number of carbonyl (C=O) groups excluding carboxylic acids is 1. The van der Waals surface area contributed by atoms with Crippen molar-refractivity contribution in [2.75, 3.05) is 6.54 Å². The van der Waals surface area contributed by atoms with Gasteiger partial charge in [-0.1, -0.05) is 11.6 Å². The molecule has 0 aromatic heterocycles. The smallest absolute Gasteiger partial charge is 0.257 e. The number of phenols is 1. The summed E-state index contributed by atoms with van der Waals surface area (Å²) in [7, 11) is 0. The van der Waals surface area contributed by atoms with Crippen LogP contribution >= 0.6 is 11.6 Å². The van der Waals surface area contributed by atoms with Crippen LogP contribution in [-0.2, 0) is 0 Å². The lowest BCUT2D eigenvalue weighted by Gasteiger charge is -2.33. The third kappa shape index (κ3) is 2.55. The van der Waals surface area contributed by atoms with Crippen LogP contribution in [0.15, 0.2) is 18.2 Å². The first-order valence-electron chi connectivity index (χ1n) is 5.89. The lowest BCUT2D eigenvalue weighted by molar-refractivity contribution is 0.0632. The summed E-state index contributed by atoms with van der Waals surface area (Å²) in [6.45, 7) is 2.81. The maximum atomic E-state index is 12.3. The van der Waals surface area contributed by atoms with E-state index >= 15 is 0 Å². The Morgan fingerprint density at radius 2 is 2.24 bits per heavy atom. The molecule has 3 nitrogen and oxygen atoms in total. The highest BCUT2D eigenvalue weighted by Gasteiger charge is 2.25. The molecule has 92 valence electrons. The molecule has 0 bridgehead atoms. The van der Waals surface area contributed by atoms with Crippen molar-refractivity contribution >= 4 is 17.5 Å². The van der Waals surface area contributed by atoms with Gasteiger partial charge in [-0.2, -0.15) is 0 Å². The normalized spacial score (nSPS) is 20.4. The van der Waals surface area contributed by atoms with Gasteiger partial charge in [-0.15, -0.1) is 0 Å². The predicted octanol–water partition coefficient (Wildman–Crippen LogP) is 3.06. The molecule has 0 aliphatic carbocycles. The maximum absolute atomic E-state index is 12.3. The van der Waals surface area contributed by atoms with Crippen LogP contribution in [0.4, 0.5) is 0 Å². The number of hydrogen-bond acceptors (Lipinski definition) is 2. The number of piperidine rings is 1. The van der Waals surface area contributed by atoms with Gasteiger partial charge in [0.05, 0.1) is 5.56 Å².